The van der Waals surface area contributed by atoms with E-state index in [1.54, 1.807) is 18.4 Å². The summed E-state index contributed by atoms with van der Waals surface area (Å²) in [6.45, 7) is 3.97. The maximum atomic E-state index is 5.79. The maximum absolute atomic E-state index is 5.79. The summed E-state index contributed by atoms with van der Waals surface area (Å²) in [5.74, 6) is 1.87. The molecule has 0 amide bonds. The van der Waals surface area contributed by atoms with Gasteiger partial charge in [-0.25, -0.2) is 4.98 Å². The summed E-state index contributed by atoms with van der Waals surface area (Å²) in [6, 6.07) is 8.16. The molecule has 0 spiro atoms. The molecule has 0 saturated carbocycles. The van der Waals surface area contributed by atoms with Crippen LogP contribution in [-0.2, 0) is 11.3 Å². The van der Waals surface area contributed by atoms with Gasteiger partial charge in [-0.15, -0.1) is 11.3 Å². The first-order valence-electron chi connectivity index (χ1n) is 7.53. The van der Waals surface area contributed by atoms with Gasteiger partial charge >= 0.3 is 0 Å². The van der Waals surface area contributed by atoms with Crippen molar-refractivity contribution < 1.29 is 9.47 Å². The van der Waals surface area contributed by atoms with Gasteiger partial charge in [0.2, 0.25) is 0 Å². The lowest BCUT2D eigenvalue weighted by atomic mass is 10.4. The van der Waals surface area contributed by atoms with E-state index < -0.39 is 0 Å². The van der Waals surface area contributed by atoms with Gasteiger partial charge in [-0.05, 0) is 30.5 Å². The molecule has 0 aromatic carbocycles. The highest BCUT2D eigenvalue weighted by atomic mass is 32.1. The third kappa shape index (κ3) is 3.33. The SMILES string of the molecule is COCCOc1cccn2c(N(C)Cc3cccs3)c(C)nc12. The molecule has 122 valence electrons. The number of pyridine rings is 1. The number of methoxy groups -OCH3 is 1. The second-order valence-electron chi connectivity index (χ2n) is 5.36. The zero-order valence-corrected chi connectivity index (χ0v) is 14.5. The van der Waals surface area contributed by atoms with Crippen molar-refractivity contribution in [1.82, 2.24) is 9.38 Å². The first-order valence-corrected chi connectivity index (χ1v) is 8.41. The highest BCUT2D eigenvalue weighted by molar-refractivity contribution is 7.09. The van der Waals surface area contributed by atoms with Crippen LogP contribution in [0.15, 0.2) is 35.8 Å². The summed E-state index contributed by atoms with van der Waals surface area (Å²) in [5.41, 5.74) is 1.83. The number of hydrogen-bond donors (Lipinski definition) is 0. The van der Waals surface area contributed by atoms with Crippen LogP contribution in [-0.4, -0.2) is 36.8 Å². The third-order valence-electron chi connectivity index (χ3n) is 3.64. The van der Waals surface area contributed by atoms with Crippen molar-refractivity contribution in [2.75, 3.05) is 32.3 Å². The number of nitrogens with zero attached hydrogens (tertiary/aromatic N) is 3. The quantitative estimate of drug-likeness (QED) is 0.622. The van der Waals surface area contributed by atoms with Crippen molar-refractivity contribution in [3.63, 3.8) is 0 Å². The number of ether oxygens (including phenoxy) is 2. The molecule has 0 N–H and O–H groups in total. The predicted molar refractivity (Wildman–Crippen MR) is 93.7 cm³/mol. The lowest BCUT2D eigenvalue weighted by Crippen LogP contribution is -2.18. The molecule has 0 unspecified atom stereocenters. The molecule has 3 aromatic heterocycles. The summed E-state index contributed by atoms with van der Waals surface area (Å²) in [4.78, 5) is 8.25. The molecule has 0 aliphatic heterocycles. The van der Waals surface area contributed by atoms with Crippen LogP contribution in [0.2, 0.25) is 0 Å². The first-order chi connectivity index (χ1) is 11.2. The lowest BCUT2D eigenvalue weighted by molar-refractivity contribution is 0.147. The standard InChI is InChI=1S/C17H21N3O2S/c1-13-17(19(2)12-14-6-5-11-23-14)20-8-4-7-15(16(20)18-13)22-10-9-21-3/h4-8,11H,9-10,12H2,1-3H3. The van der Waals surface area contributed by atoms with Crippen LogP contribution in [0.4, 0.5) is 5.82 Å². The summed E-state index contributed by atoms with van der Waals surface area (Å²) < 4.78 is 12.9. The van der Waals surface area contributed by atoms with E-state index in [-0.39, 0.29) is 0 Å². The van der Waals surface area contributed by atoms with Crippen molar-refractivity contribution in [1.29, 1.82) is 0 Å². The first kappa shape index (κ1) is 15.8. The van der Waals surface area contributed by atoms with Crippen molar-refractivity contribution in [3.8, 4) is 5.75 Å². The molecule has 6 heteroatoms. The number of anilines is 1. The van der Waals surface area contributed by atoms with Crippen molar-refractivity contribution in [2.45, 2.75) is 13.5 Å². The van der Waals surface area contributed by atoms with Gasteiger partial charge in [-0.2, -0.15) is 0 Å². The molecule has 0 bridgehead atoms. The molecule has 0 aliphatic carbocycles. The Kier molecular flexibility index (Phi) is 4.83. The van der Waals surface area contributed by atoms with Crippen LogP contribution < -0.4 is 9.64 Å². The largest absolute Gasteiger partial charge is 0.487 e. The minimum Gasteiger partial charge on any atom is -0.487 e. The van der Waals surface area contributed by atoms with Crippen LogP contribution >= 0.6 is 11.3 Å². The van der Waals surface area contributed by atoms with Crippen LogP contribution in [0.5, 0.6) is 5.75 Å². The van der Waals surface area contributed by atoms with Gasteiger partial charge < -0.3 is 14.4 Å². The second kappa shape index (κ2) is 7.02. The van der Waals surface area contributed by atoms with Gasteiger partial charge in [-0.1, -0.05) is 6.07 Å². The van der Waals surface area contributed by atoms with Crippen molar-refractivity contribution in [3.05, 3.63) is 46.4 Å². The Morgan fingerprint density at radius 1 is 1.26 bits per heavy atom. The zero-order chi connectivity index (χ0) is 16.2. The van der Waals surface area contributed by atoms with E-state index in [4.69, 9.17) is 14.5 Å². The monoisotopic (exact) mass is 331 g/mol. The van der Waals surface area contributed by atoms with Crippen molar-refractivity contribution in [2.24, 2.45) is 0 Å². The number of thiophene rings is 1. The van der Waals surface area contributed by atoms with Gasteiger partial charge in [-0.3, -0.25) is 4.40 Å². The summed E-state index contributed by atoms with van der Waals surface area (Å²) >= 11 is 1.77. The second-order valence-corrected chi connectivity index (χ2v) is 6.40. The Hall–Kier alpha value is -2.05. The van der Waals surface area contributed by atoms with E-state index in [2.05, 4.69) is 33.9 Å². The van der Waals surface area contributed by atoms with E-state index in [1.807, 2.05) is 25.3 Å². The fraction of sp³-hybridized carbons (Fsp3) is 0.353. The Bertz CT molecular complexity index is 768. The average molecular weight is 331 g/mol. The third-order valence-corrected chi connectivity index (χ3v) is 4.50. The van der Waals surface area contributed by atoms with E-state index in [1.165, 1.54) is 4.88 Å². The van der Waals surface area contributed by atoms with E-state index in [0.29, 0.717) is 13.2 Å². The molecule has 23 heavy (non-hydrogen) atoms. The molecule has 3 rings (SSSR count). The van der Waals surface area contributed by atoms with Crippen LogP contribution in [0, 0.1) is 6.92 Å². The minimum atomic E-state index is 0.516. The smallest absolute Gasteiger partial charge is 0.181 e. The molecule has 0 atom stereocenters. The lowest BCUT2D eigenvalue weighted by Gasteiger charge is -2.19. The van der Waals surface area contributed by atoms with Crippen LogP contribution in [0.25, 0.3) is 5.65 Å². The van der Waals surface area contributed by atoms with Crippen LogP contribution in [0.3, 0.4) is 0 Å². The normalized spacial score (nSPS) is 11.1. The number of aromatic nitrogens is 2. The summed E-state index contributed by atoms with van der Waals surface area (Å²) in [5, 5.41) is 2.10. The molecule has 0 radical (unpaired) electrons. The molecule has 0 saturated heterocycles. The van der Waals surface area contributed by atoms with E-state index >= 15 is 0 Å². The number of rotatable bonds is 7. The van der Waals surface area contributed by atoms with Gasteiger partial charge in [0.25, 0.3) is 0 Å². The van der Waals surface area contributed by atoms with Gasteiger partial charge in [0.05, 0.1) is 18.8 Å². The number of fused-ring (bicyclic) bond motifs is 1. The number of hydrogen-bond acceptors (Lipinski definition) is 5. The maximum Gasteiger partial charge on any atom is 0.181 e. The topological polar surface area (TPSA) is 39.0 Å². The Morgan fingerprint density at radius 3 is 2.87 bits per heavy atom. The highest BCUT2D eigenvalue weighted by Crippen LogP contribution is 2.28. The van der Waals surface area contributed by atoms with Gasteiger partial charge in [0.1, 0.15) is 12.4 Å². The molecule has 0 fully saturated rings. The van der Waals surface area contributed by atoms with Crippen molar-refractivity contribution >= 4 is 22.8 Å². The molecule has 5 nitrogen and oxygen atoms in total. The van der Waals surface area contributed by atoms with Gasteiger partial charge in [0.15, 0.2) is 11.4 Å². The van der Waals surface area contributed by atoms with E-state index in [9.17, 15) is 0 Å². The Labute approximate surface area is 140 Å². The average Bonchev–Trinajstić information content (AvgIpc) is 3.14. The Morgan fingerprint density at radius 2 is 2.13 bits per heavy atom. The van der Waals surface area contributed by atoms with E-state index in [0.717, 1.165) is 29.5 Å². The zero-order valence-electron chi connectivity index (χ0n) is 13.7. The van der Waals surface area contributed by atoms with Crippen LogP contribution in [0.1, 0.15) is 10.6 Å². The number of aryl methyl sites for hydroxylation is 1. The minimum absolute atomic E-state index is 0.516. The summed E-state index contributed by atoms with van der Waals surface area (Å²) in [7, 11) is 3.76. The fourth-order valence-electron chi connectivity index (χ4n) is 2.66. The number of imidazole rings is 1. The molecular weight excluding hydrogens is 310 g/mol. The highest BCUT2D eigenvalue weighted by Gasteiger charge is 2.16. The molecule has 3 aromatic rings. The van der Waals surface area contributed by atoms with Gasteiger partial charge in [0, 0.05) is 25.2 Å². The molecule has 3 heterocycles. The fourth-order valence-corrected chi connectivity index (χ4v) is 3.42. The molecule has 0 aliphatic rings. The Balaban J connectivity index is 1.91. The summed E-state index contributed by atoms with van der Waals surface area (Å²) in [6.07, 6.45) is 2.03. The predicted octanol–water partition coefficient (Wildman–Crippen LogP) is 3.37. The molecular formula is C17H21N3O2S.